The number of allylic oxidation sites excluding steroid dienone is 2. The lowest BCUT2D eigenvalue weighted by molar-refractivity contribution is 0.0678. The molecule has 0 bridgehead atoms. The summed E-state index contributed by atoms with van der Waals surface area (Å²) in [6.45, 7) is 13.6. The van der Waals surface area contributed by atoms with Gasteiger partial charge in [0.15, 0.2) is 0 Å². The lowest BCUT2D eigenvalue weighted by atomic mass is 9.97. The molecule has 0 unspecified atom stereocenters. The summed E-state index contributed by atoms with van der Waals surface area (Å²) < 4.78 is 5.44. The third-order valence-corrected chi connectivity index (χ3v) is 4.31. The molecule has 0 amide bonds. The minimum absolute atomic E-state index is 0.645. The second-order valence-electron chi connectivity index (χ2n) is 6.31. The zero-order valence-electron chi connectivity index (χ0n) is 15.5. The molecule has 132 valence electrons. The van der Waals surface area contributed by atoms with Crippen LogP contribution in [0.25, 0.3) is 5.70 Å². The maximum atomic E-state index is 9.24. The van der Waals surface area contributed by atoms with Crippen molar-refractivity contribution >= 4 is 11.5 Å². The van der Waals surface area contributed by atoms with Crippen LogP contribution in [-0.4, -0.2) is 37.0 Å². The zero-order valence-corrected chi connectivity index (χ0v) is 15.5. The molecule has 25 heavy (non-hydrogen) atoms. The third-order valence-electron chi connectivity index (χ3n) is 4.31. The second kappa shape index (κ2) is 9.19. The quantitative estimate of drug-likeness (QED) is 0.455. The van der Waals surface area contributed by atoms with Gasteiger partial charge < -0.3 is 9.64 Å². The number of nitrogens with zero attached hydrogens (tertiary/aromatic N) is 3. The van der Waals surface area contributed by atoms with Gasteiger partial charge in [0.25, 0.3) is 0 Å². The minimum atomic E-state index is 0.645. The number of morpholine rings is 1. The number of aliphatic imine (C=N–C) groups is 1. The van der Waals surface area contributed by atoms with E-state index in [1.165, 1.54) is 0 Å². The van der Waals surface area contributed by atoms with Crippen molar-refractivity contribution in [1.82, 2.24) is 4.90 Å². The molecular weight excluding hydrogens is 310 g/mol. The van der Waals surface area contributed by atoms with Gasteiger partial charge in [-0.1, -0.05) is 37.6 Å². The molecule has 1 heterocycles. The molecule has 2 rings (SSSR count). The van der Waals surface area contributed by atoms with Crippen molar-refractivity contribution in [2.75, 3.05) is 26.3 Å². The first-order chi connectivity index (χ1) is 12.1. The lowest BCUT2D eigenvalue weighted by Gasteiger charge is -2.28. The lowest BCUT2D eigenvalue weighted by Crippen LogP contribution is -2.39. The standard InChI is InChI=1S/C21H27N3O/c1-5-7-20(16(2)3)21(19-9-6-8-18(14-19)15-22)23-17(4)24-10-12-25-13-11-24/h6,8-9,14H,2,5,7,10-13H2,1,3-4H3/b21-20-,23-17?. The summed E-state index contributed by atoms with van der Waals surface area (Å²) in [5, 5.41) is 9.24. The van der Waals surface area contributed by atoms with E-state index >= 15 is 0 Å². The maximum Gasteiger partial charge on any atom is 0.102 e. The number of ether oxygens (including phenoxy) is 1. The molecule has 0 N–H and O–H groups in total. The highest BCUT2D eigenvalue weighted by Gasteiger charge is 2.15. The van der Waals surface area contributed by atoms with Crippen LogP contribution < -0.4 is 0 Å². The van der Waals surface area contributed by atoms with Crippen molar-refractivity contribution in [2.24, 2.45) is 4.99 Å². The van der Waals surface area contributed by atoms with Gasteiger partial charge in [-0.15, -0.1) is 0 Å². The first-order valence-corrected chi connectivity index (χ1v) is 8.84. The summed E-state index contributed by atoms with van der Waals surface area (Å²) >= 11 is 0. The molecule has 0 atom stereocenters. The molecule has 1 fully saturated rings. The van der Waals surface area contributed by atoms with Crippen LogP contribution in [0.4, 0.5) is 0 Å². The minimum Gasteiger partial charge on any atom is -0.378 e. The molecule has 0 spiro atoms. The summed E-state index contributed by atoms with van der Waals surface area (Å²) in [6.07, 6.45) is 1.94. The van der Waals surface area contributed by atoms with E-state index in [1.807, 2.05) is 38.1 Å². The molecule has 1 aromatic carbocycles. The fraction of sp³-hybridized carbons (Fsp3) is 0.429. The predicted octanol–water partition coefficient (Wildman–Crippen LogP) is 4.40. The first-order valence-electron chi connectivity index (χ1n) is 8.84. The van der Waals surface area contributed by atoms with Gasteiger partial charge in [-0.2, -0.15) is 5.26 Å². The summed E-state index contributed by atoms with van der Waals surface area (Å²) in [6, 6.07) is 9.88. The van der Waals surface area contributed by atoms with E-state index in [0.29, 0.717) is 5.56 Å². The van der Waals surface area contributed by atoms with Crippen LogP contribution in [0.2, 0.25) is 0 Å². The van der Waals surface area contributed by atoms with Gasteiger partial charge in [-0.05, 0) is 38.0 Å². The Morgan fingerprint density at radius 1 is 1.32 bits per heavy atom. The highest BCUT2D eigenvalue weighted by molar-refractivity contribution is 5.88. The van der Waals surface area contributed by atoms with Crippen molar-refractivity contribution in [2.45, 2.75) is 33.6 Å². The second-order valence-corrected chi connectivity index (χ2v) is 6.31. The van der Waals surface area contributed by atoms with Gasteiger partial charge in [0.05, 0.1) is 30.5 Å². The van der Waals surface area contributed by atoms with Crippen LogP contribution in [0.1, 0.15) is 44.7 Å². The topological polar surface area (TPSA) is 48.6 Å². The number of rotatable bonds is 5. The monoisotopic (exact) mass is 337 g/mol. The molecule has 0 saturated carbocycles. The van der Waals surface area contributed by atoms with Crippen LogP contribution >= 0.6 is 0 Å². The fourth-order valence-electron chi connectivity index (χ4n) is 2.95. The summed E-state index contributed by atoms with van der Waals surface area (Å²) in [7, 11) is 0. The molecule has 4 heteroatoms. The Balaban J connectivity index is 2.53. The largest absolute Gasteiger partial charge is 0.378 e. The molecule has 1 aliphatic heterocycles. The third kappa shape index (κ3) is 5.04. The van der Waals surface area contributed by atoms with E-state index in [1.54, 1.807) is 0 Å². The van der Waals surface area contributed by atoms with Gasteiger partial charge in [0.2, 0.25) is 0 Å². The zero-order chi connectivity index (χ0) is 18.2. The average molecular weight is 337 g/mol. The van der Waals surface area contributed by atoms with E-state index in [0.717, 1.165) is 67.4 Å². The Morgan fingerprint density at radius 2 is 2.04 bits per heavy atom. The van der Waals surface area contributed by atoms with Crippen LogP contribution in [0.5, 0.6) is 0 Å². The molecule has 0 radical (unpaired) electrons. The fourth-order valence-corrected chi connectivity index (χ4v) is 2.95. The molecule has 1 aliphatic rings. The van der Waals surface area contributed by atoms with Gasteiger partial charge >= 0.3 is 0 Å². The van der Waals surface area contributed by atoms with Crippen molar-refractivity contribution in [3.63, 3.8) is 0 Å². The number of hydrogen-bond acceptors (Lipinski definition) is 3. The number of benzene rings is 1. The molecule has 1 aromatic rings. The number of hydrogen-bond donors (Lipinski definition) is 0. The Hall–Kier alpha value is -2.38. The summed E-state index contributed by atoms with van der Waals surface area (Å²) in [4.78, 5) is 7.23. The van der Waals surface area contributed by atoms with Crippen molar-refractivity contribution < 1.29 is 4.74 Å². The smallest absolute Gasteiger partial charge is 0.102 e. The van der Waals surface area contributed by atoms with Crippen LogP contribution in [-0.2, 0) is 4.74 Å². The highest BCUT2D eigenvalue weighted by Crippen LogP contribution is 2.29. The van der Waals surface area contributed by atoms with Crippen molar-refractivity contribution in [1.29, 1.82) is 5.26 Å². The number of amidine groups is 1. The predicted molar refractivity (Wildman–Crippen MR) is 103 cm³/mol. The van der Waals surface area contributed by atoms with E-state index < -0.39 is 0 Å². The van der Waals surface area contributed by atoms with Crippen molar-refractivity contribution in [3.05, 3.63) is 53.1 Å². The molecule has 1 saturated heterocycles. The molecule has 0 aromatic heterocycles. The Labute approximate surface area is 151 Å². The van der Waals surface area contributed by atoms with E-state index in [-0.39, 0.29) is 0 Å². The van der Waals surface area contributed by atoms with Crippen LogP contribution in [0, 0.1) is 11.3 Å². The summed E-state index contributed by atoms with van der Waals surface area (Å²) in [5.74, 6) is 0.982. The van der Waals surface area contributed by atoms with E-state index in [9.17, 15) is 5.26 Å². The van der Waals surface area contributed by atoms with Crippen LogP contribution in [0.3, 0.4) is 0 Å². The average Bonchev–Trinajstić information content (AvgIpc) is 2.65. The Morgan fingerprint density at radius 3 is 2.64 bits per heavy atom. The number of nitriles is 1. The molecular formula is C21H27N3O. The normalized spacial score (nSPS) is 16.2. The van der Waals surface area contributed by atoms with Gasteiger partial charge in [0.1, 0.15) is 5.84 Å². The van der Waals surface area contributed by atoms with Gasteiger partial charge in [0, 0.05) is 18.7 Å². The molecule has 4 nitrogen and oxygen atoms in total. The SMILES string of the molecule is C=C(C)/C(CCC)=C(\N=C(C)N1CCOCC1)c1cccc(C#N)c1. The highest BCUT2D eigenvalue weighted by atomic mass is 16.5. The van der Waals surface area contributed by atoms with E-state index in [2.05, 4.69) is 24.5 Å². The van der Waals surface area contributed by atoms with Crippen LogP contribution in [0.15, 0.2) is 47.0 Å². The van der Waals surface area contributed by atoms with Crippen molar-refractivity contribution in [3.8, 4) is 6.07 Å². The Bertz CT molecular complexity index is 719. The van der Waals surface area contributed by atoms with Gasteiger partial charge in [-0.25, -0.2) is 4.99 Å². The first kappa shape index (κ1) is 19.0. The summed E-state index contributed by atoms with van der Waals surface area (Å²) in [5.41, 5.74) is 4.73. The van der Waals surface area contributed by atoms with E-state index in [4.69, 9.17) is 9.73 Å². The van der Waals surface area contributed by atoms with Gasteiger partial charge in [-0.3, -0.25) is 0 Å². The Kier molecular flexibility index (Phi) is 6.97. The molecule has 0 aliphatic carbocycles. The maximum absolute atomic E-state index is 9.24.